The molecule has 2 aliphatic rings. The summed E-state index contributed by atoms with van der Waals surface area (Å²) >= 11 is 0. The van der Waals surface area contributed by atoms with Crippen molar-refractivity contribution in [2.24, 2.45) is 29.1 Å². The summed E-state index contributed by atoms with van der Waals surface area (Å²) in [5, 5.41) is 24.5. The van der Waals surface area contributed by atoms with Crippen LogP contribution in [0.15, 0.2) is 109 Å². The Hall–Kier alpha value is -5.84. The van der Waals surface area contributed by atoms with Crippen molar-refractivity contribution >= 4 is 47.0 Å². The number of benzene rings is 4. The Morgan fingerprint density at radius 1 is 0.567 bits per heavy atom. The number of anilines is 2. The highest BCUT2D eigenvalue weighted by Crippen LogP contribution is 2.43. The van der Waals surface area contributed by atoms with E-state index in [1.165, 1.54) is 50.7 Å². The van der Waals surface area contributed by atoms with Crippen molar-refractivity contribution in [1.82, 2.24) is 0 Å². The Bertz CT molecular complexity index is 2230. The molecule has 2 fully saturated rings. The predicted octanol–water partition coefficient (Wildman–Crippen LogP) is 11.1. The standard InChI is InChI=1S/C57H70N2O8/c1-3-5-7-40-9-23-46(24-10-40)54(62)66-51-32-18-42(19-33-51)17-31-50(60)39-56(37-44-13-27-48(58)28-14-44,38-45-15-29-49(59)30-16-45)57(64,65)53(61)36-22-43-20-34-52(35-21-43)67-55(63)47-25-11-41(12-26-47)8-6-4-2/h13-22,27-36,40-41,46-47,64-65H,3-12,23-26,37-39,58-59H2,1-2H3. The van der Waals surface area contributed by atoms with Crippen LogP contribution in [0.1, 0.15) is 132 Å². The average Bonchev–Trinajstić information content (AvgIpc) is 3.33. The van der Waals surface area contributed by atoms with E-state index in [2.05, 4.69) is 13.8 Å². The minimum Gasteiger partial charge on any atom is -0.426 e. The van der Waals surface area contributed by atoms with Crippen LogP contribution in [0, 0.1) is 29.1 Å². The molecular weight excluding hydrogens is 841 g/mol. The molecule has 0 heterocycles. The minimum atomic E-state index is -3.05. The molecule has 0 amide bonds. The molecule has 0 saturated heterocycles. The van der Waals surface area contributed by atoms with Gasteiger partial charge in [-0.05, 0) is 159 Å². The first kappa shape index (κ1) is 50.6. The molecule has 2 saturated carbocycles. The lowest BCUT2D eigenvalue weighted by atomic mass is 9.65. The predicted molar refractivity (Wildman–Crippen MR) is 266 cm³/mol. The number of carbonyl (C=O) groups is 4. The van der Waals surface area contributed by atoms with Crippen LogP contribution in [0.2, 0.25) is 0 Å². The van der Waals surface area contributed by atoms with Crippen LogP contribution in [-0.4, -0.2) is 39.5 Å². The number of unbranched alkanes of at least 4 members (excludes halogenated alkanes) is 2. The van der Waals surface area contributed by atoms with Gasteiger partial charge < -0.3 is 31.2 Å². The highest BCUT2D eigenvalue weighted by molar-refractivity contribution is 6.01. The molecule has 0 unspecified atom stereocenters. The van der Waals surface area contributed by atoms with Crippen LogP contribution in [0.4, 0.5) is 11.4 Å². The van der Waals surface area contributed by atoms with E-state index in [1.54, 1.807) is 103 Å². The maximum absolute atomic E-state index is 14.2. The fourth-order valence-electron chi connectivity index (χ4n) is 9.79. The van der Waals surface area contributed by atoms with Crippen LogP contribution in [0.25, 0.3) is 12.2 Å². The number of rotatable bonds is 22. The third kappa shape index (κ3) is 14.6. The molecule has 67 heavy (non-hydrogen) atoms. The summed E-state index contributed by atoms with van der Waals surface area (Å²) in [6, 6.07) is 27.3. The van der Waals surface area contributed by atoms with Gasteiger partial charge in [0.1, 0.15) is 11.5 Å². The molecule has 0 bridgehead atoms. The smallest absolute Gasteiger partial charge is 0.314 e. The van der Waals surface area contributed by atoms with Gasteiger partial charge in [-0.3, -0.25) is 19.2 Å². The Kier molecular flexibility index (Phi) is 18.3. The molecule has 6 rings (SSSR count). The van der Waals surface area contributed by atoms with Gasteiger partial charge in [-0.15, -0.1) is 0 Å². The third-order valence-electron chi connectivity index (χ3n) is 14.0. The highest BCUT2D eigenvalue weighted by Gasteiger charge is 2.54. The van der Waals surface area contributed by atoms with Gasteiger partial charge in [0.25, 0.3) is 0 Å². The molecular formula is C57H70N2O8. The molecule has 0 aliphatic heterocycles. The number of nitrogen functional groups attached to an aromatic ring is 2. The molecule has 2 aliphatic carbocycles. The molecule has 6 N–H and O–H groups in total. The Balaban J connectivity index is 1.17. The average molecular weight is 911 g/mol. The fraction of sp³-hybridized carbons (Fsp3) is 0.439. The number of allylic oxidation sites excluding steroid dienone is 1. The van der Waals surface area contributed by atoms with Gasteiger partial charge in [0, 0.05) is 23.2 Å². The first-order valence-corrected chi connectivity index (χ1v) is 24.5. The first-order chi connectivity index (χ1) is 32.2. The maximum atomic E-state index is 14.2. The number of aliphatic hydroxyl groups is 2. The molecule has 4 aromatic rings. The topological polar surface area (TPSA) is 179 Å². The summed E-state index contributed by atoms with van der Waals surface area (Å²) in [5.74, 6) is -3.02. The minimum absolute atomic E-state index is 0.0786. The number of hydrogen-bond acceptors (Lipinski definition) is 10. The van der Waals surface area contributed by atoms with Crippen molar-refractivity contribution in [2.75, 3.05) is 11.5 Å². The summed E-state index contributed by atoms with van der Waals surface area (Å²) in [4.78, 5) is 54.3. The molecule has 0 aromatic heterocycles. The fourth-order valence-corrected chi connectivity index (χ4v) is 9.79. The van der Waals surface area contributed by atoms with E-state index in [0.717, 1.165) is 57.4 Å². The quantitative estimate of drug-likeness (QED) is 0.0195. The van der Waals surface area contributed by atoms with Gasteiger partial charge >= 0.3 is 11.9 Å². The lowest BCUT2D eigenvalue weighted by Crippen LogP contribution is -2.57. The first-order valence-electron chi connectivity index (χ1n) is 24.5. The van der Waals surface area contributed by atoms with Crippen molar-refractivity contribution in [3.63, 3.8) is 0 Å². The number of ether oxygens (including phenoxy) is 2. The molecule has 4 aromatic carbocycles. The van der Waals surface area contributed by atoms with Gasteiger partial charge in [0.2, 0.25) is 11.6 Å². The van der Waals surface area contributed by atoms with Crippen molar-refractivity contribution in [3.8, 4) is 11.5 Å². The second-order valence-corrected chi connectivity index (χ2v) is 19.2. The van der Waals surface area contributed by atoms with Crippen molar-refractivity contribution < 1.29 is 38.9 Å². The molecule has 0 atom stereocenters. The van der Waals surface area contributed by atoms with E-state index in [1.807, 2.05) is 0 Å². The lowest BCUT2D eigenvalue weighted by molar-refractivity contribution is -0.230. The summed E-state index contributed by atoms with van der Waals surface area (Å²) in [6.07, 6.45) is 19.7. The maximum Gasteiger partial charge on any atom is 0.314 e. The Labute approximate surface area is 396 Å². The summed E-state index contributed by atoms with van der Waals surface area (Å²) in [5.41, 5.74) is 13.7. The van der Waals surface area contributed by atoms with E-state index in [4.69, 9.17) is 20.9 Å². The summed E-state index contributed by atoms with van der Waals surface area (Å²) < 4.78 is 11.5. The normalized spacial score (nSPS) is 19.0. The molecule has 10 nitrogen and oxygen atoms in total. The Morgan fingerprint density at radius 3 is 1.34 bits per heavy atom. The van der Waals surface area contributed by atoms with Crippen molar-refractivity contribution in [2.45, 2.75) is 129 Å². The molecule has 0 radical (unpaired) electrons. The zero-order chi connectivity index (χ0) is 47.8. The van der Waals surface area contributed by atoms with E-state index in [9.17, 15) is 29.4 Å². The summed E-state index contributed by atoms with van der Waals surface area (Å²) in [7, 11) is 0. The van der Waals surface area contributed by atoms with Gasteiger partial charge in [0.05, 0.1) is 11.8 Å². The van der Waals surface area contributed by atoms with E-state index < -0.39 is 29.2 Å². The molecule has 356 valence electrons. The van der Waals surface area contributed by atoms with Gasteiger partial charge in [0.15, 0.2) is 5.78 Å². The van der Waals surface area contributed by atoms with Gasteiger partial charge in [-0.2, -0.15) is 0 Å². The lowest BCUT2D eigenvalue weighted by Gasteiger charge is -2.42. The highest BCUT2D eigenvalue weighted by atomic mass is 16.5. The van der Waals surface area contributed by atoms with E-state index in [0.29, 0.717) is 57.0 Å². The third-order valence-corrected chi connectivity index (χ3v) is 14.0. The van der Waals surface area contributed by atoms with E-state index in [-0.39, 0.29) is 36.6 Å². The van der Waals surface area contributed by atoms with Crippen LogP contribution in [0.3, 0.4) is 0 Å². The molecule has 10 heteroatoms. The second-order valence-electron chi connectivity index (χ2n) is 19.2. The zero-order valence-corrected chi connectivity index (χ0v) is 39.4. The SMILES string of the molecule is CCCCC1CCC(C(=O)Oc2ccc(C=CC(=O)CC(Cc3ccc(N)cc3)(Cc3ccc(N)cc3)C(O)(O)C(=O)C=Cc3ccc(OC(=O)C4CCC(CCCC)CC4)cc3)cc2)CC1. The van der Waals surface area contributed by atoms with Gasteiger partial charge in [-0.25, -0.2) is 0 Å². The van der Waals surface area contributed by atoms with Crippen molar-refractivity contribution in [1.29, 1.82) is 0 Å². The largest absolute Gasteiger partial charge is 0.426 e. The number of nitrogens with two attached hydrogens (primary N) is 2. The van der Waals surface area contributed by atoms with Crippen LogP contribution in [-0.2, 0) is 32.0 Å². The van der Waals surface area contributed by atoms with E-state index >= 15 is 0 Å². The van der Waals surface area contributed by atoms with Crippen LogP contribution in [0.5, 0.6) is 11.5 Å². The number of carbonyl (C=O) groups excluding carboxylic acids is 4. The summed E-state index contributed by atoms with van der Waals surface area (Å²) in [6.45, 7) is 4.40. The van der Waals surface area contributed by atoms with Crippen molar-refractivity contribution in [3.05, 3.63) is 131 Å². The van der Waals surface area contributed by atoms with Crippen LogP contribution >= 0.6 is 0 Å². The molecule has 0 spiro atoms. The van der Waals surface area contributed by atoms with Crippen LogP contribution < -0.4 is 20.9 Å². The monoisotopic (exact) mass is 911 g/mol. The second kappa shape index (κ2) is 24.3. The number of esters is 2. The Morgan fingerprint density at radius 2 is 0.955 bits per heavy atom. The number of ketones is 2. The number of hydrogen-bond donors (Lipinski definition) is 4. The van der Waals surface area contributed by atoms with Gasteiger partial charge in [-0.1, -0.05) is 113 Å². The zero-order valence-electron chi connectivity index (χ0n) is 39.4.